The molecule has 2 heterocycles. The second-order valence-corrected chi connectivity index (χ2v) is 5.08. The fourth-order valence-electron chi connectivity index (χ4n) is 2.79. The van der Waals surface area contributed by atoms with Crippen LogP contribution in [0.1, 0.15) is 11.1 Å². The van der Waals surface area contributed by atoms with Gasteiger partial charge in [0.1, 0.15) is 5.82 Å². The zero-order valence-corrected chi connectivity index (χ0v) is 11.5. The summed E-state index contributed by atoms with van der Waals surface area (Å²) in [5.41, 5.74) is 2.58. The van der Waals surface area contributed by atoms with Crippen LogP contribution in [0.5, 0.6) is 0 Å². The molecular weight excluding hydrogens is 252 g/mol. The van der Waals surface area contributed by atoms with E-state index in [0.29, 0.717) is 6.04 Å². The number of anilines is 1. The number of hydrogen-bond donors (Lipinski definition) is 2. The molecule has 5 nitrogen and oxygen atoms in total. The first-order chi connectivity index (χ1) is 9.78. The molecule has 0 bridgehead atoms. The van der Waals surface area contributed by atoms with Crippen LogP contribution < -0.4 is 15.8 Å². The molecule has 2 N–H and O–H groups in total. The van der Waals surface area contributed by atoms with Crippen LogP contribution in [0.3, 0.4) is 0 Å². The summed E-state index contributed by atoms with van der Waals surface area (Å²) in [5, 5.41) is 3.23. The topological polar surface area (TPSA) is 61.0 Å². The highest BCUT2D eigenvalue weighted by atomic mass is 16.1. The normalized spacial score (nSPS) is 17.9. The highest BCUT2D eigenvalue weighted by Crippen LogP contribution is 2.26. The van der Waals surface area contributed by atoms with Crippen molar-refractivity contribution in [3.63, 3.8) is 0 Å². The predicted molar refractivity (Wildman–Crippen MR) is 78.9 cm³/mol. The summed E-state index contributed by atoms with van der Waals surface area (Å²) in [7, 11) is 1.95. The van der Waals surface area contributed by atoms with Crippen LogP contribution in [0.15, 0.2) is 41.5 Å². The predicted octanol–water partition coefficient (Wildman–Crippen LogP) is 0.921. The quantitative estimate of drug-likeness (QED) is 0.870. The summed E-state index contributed by atoms with van der Waals surface area (Å²) >= 11 is 0. The molecule has 1 aromatic heterocycles. The Balaban J connectivity index is 1.98. The van der Waals surface area contributed by atoms with Gasteiger partial charge < -0.3 is 15.2 Å². The number of rotatable bonds is 3. The monoisotopic (exact) mass is 270 g/mol. The molecule has 0 fully saturated rings. The van der Waals surface area contributed by atoms with Gasteiger partial charge in [0.05, 0.1) is 6.33 Å². The second-order valence-electron chi connectivity index (χ2n) is 5.08. The summed E-state index contributed by atoms with van der Waals surface area (Å²) in [6.45, 7) is 1.65. The zero-order valence-electron chi connectivity index (χ0n) is 11.5. The van der Waals surface area contributed by atoms with E-state index in [2.05, 4.69) is 44.5 Å². The number of H-pyrrole nitrogens is 1. The molecule has 1 aliphatic rings. The van der Waals surface area contributed by atoms with Crippen LogP contribution >= 0.6 is 0 Å². The van der Waals surface area contributed by atoms with Crippen LogP contribution in [0.25, 0.3) is 0 Å². The summed E-state index contributed by atoms with van der Waals surface area (Å²) in [5.74, 6) is 0.739. The third-order valence-corrected chi connectivity index (χ3v) is 3.75. The molecule has 0 radical (unpaired) electrons. The number of hydrogen-bond acceptors (Lipinski definition) is 4. The Bertz CT molecular complexity index is 652. The van der Waals surface area contributed by atoms with Crippen molar-refractivity contribution in [2.45, 2.75) is 19.0 Å². The molecule has 0 aliphatic carbocycles. The van der Waals surface area contributed by atoms with Crippen molar-refractivity contribution < 1.29 is 0 Å². The molecule has 20 heavy (non-hydrogen) atoms. The number of nitrogens with one attached hydrogen (secondary N) is 2. The molecule has 2 aromatic rings. The molecule has 5 heteroatoms. The number of likely N-dealkylation sites (N-methyl/N-ethyl adjacent to an activating group) is 1. The van der Waals surface area contributed by atoms with Gasteiger partial charge in [0, 0.05) is 25.2 Å². The van der Waals surface area contributed by atoms with Gasteiger partial charge >= 0.3 is 0 Å². The maximum atomic E-state index is 11.5. The highest BCUT2D eigenvalue weighted by molar-refractivity contribution is 5.45. The zero-order chi connectivity index (χ0) is 13.9. The Morgan fingerprint density at radius 2 is 2.20 bits per heavy atom. The minimum absolute atomic E-state index is 0.114. The van der Waals surface area contributed by atoms with Crippen molar-refractivity contribution in [2.75, 3.05) is 18.5 Å². The van der Waals surface area contributed by atoms with E-state index >= 15 is 0 Å². The Hall–Kier alpha value is -2.14. The molecule has 1 unspecified atom stereocenters. The van der Waals surface area contributed by atoms with Crippen LogP contribution in [0, 0.1) is 0 Å². The number of aromatic amines is 1. The number of aromatic nitrogens is 2. The van der Waals surface area contributed by atoms with Crippen molar-refractivity contribution in [2.24, 2.45) is 0 Å². The maximum absolute atomic E-state index is 11.5. The largest absolute Gasteiger partial charge is 0.347 e. The van der Waals surface area contributed by atoms with Gasteiger partial charge in [0.25, 0.3) is 5.56 Å². The van der Waals surface area contributed by atoms with E-state index in [1.165, 1.54) is 17.5 Å². The van der Waals surface area contributed by atoms with Crippen LogP contribution in [0.4, 0.5) is 5.82 Å². The van der Waals surface area contributed by atoms with Crippen molar-refractivity contribution in [1.29, 1.82) is 0 Å². The molecule has 0 saturated heterocycles. The van der Waals surface area contributed by atoms with E-state index in [4.69, 9.17) is 0 Å². The minimum atomic E-state index is -0.114. The summed E-state index contributed by atoms with van der Waals surface area (Å²) in [6.07, 6.45) is 2.43. The first-order valence-corrected chi connectivity index (χ1v) is 6.80. The van der Waals surface area contributed by atoms with Gasteiger partial charge in [0.15, 0.2) is 0 Å². The maximum Gasteiger partial charge on any atom is 0.252 e. The third kappa shape index (κ3) is 2.44. The lowest BCUT2D eigenvalue weighted by molar-refractivity contribution is 0.523. The van der Waals surface area contributed by atoms with E-state index in [1.54, 1.807) is 6.07 Å². The lowest BCUT2D eigenvalue weighted by Crippen LogP contribution is -2.46. The standard InChI is InChI=1S/C15H18N4O/c1-16-8-13-6-11-4-2-3-5-12(11)9-19(13)14-7-15(20)18-10-17-14/h2-5,7,10,13,16H,6,8-9H2,1H3,(H,17,18,20). The van der Waals surface area contributed by atoms with Gasteiger partial charge in [0.2, 0.25) is 0 Å². The lowest BCUT2D eigenvalue weighted by atomic mass is 9.94. The average Bonchev–Trinajstić information content (AvgIpc) is 2.47. The molecule has 3 rings (SSSR count). The van der Waals surface area contributed by atoms with Crippen molar-refractivity contribution in [1.82, 2.24) is 15.3 Å². The molecule has 1 atom stereocenters. The highest BCUT2D eigenvalue weighted by Gasteiger charge is 2.26. The fourth-order valence-corrected chi connectivity index (χ4v) is 2.79. The minimum Gasteiger partial charge on any atom is -0.347 e. The Kier molecular flexibility index (Phi) is 3.52. The van der Waals surface area contributed by atoms with Crippen LogP contribution in [-0.2, 0) is 13.0 Å². The third-order valence-electron chi connectivity index (χ3n) is 3.75. The van der Waals surface area contributed by atoms with Gasteiger partial charge in [-0.25, -0.2) is 4.98 Å². The molecule has 104 valence electrons. The molecule has 1 aliphatic heterocycles. The van der Waals surface area contributed by atoms with Crippen LogP contribution in [-0.4, -0.2) is 29.6 Å². The Morgan fingerprint density at radius 3 is 2.95 bits per heavy atom. The SMILES string of the molecule is CNCC1Cc2ccccc2CN1c1cc(=O)[nH]cn1. The summed E-state index contributed by atoms with van der Waals surface area (Å²) in [4.78, 5) is 20.6. The van der Waals surface area contributed by atoms with E-state index in [-0.39, 0.29) is 5.56 Å². The molecular formula is C15H18N4O. The van der Waals surface area contributed by atoms with Gasteiger partial charge in [-0.05, 0) is 24.6 Å². The molecule has 0 amide bonds. The fraction of sp³-hybridized carbons (Fsp3) is 0.333. The lowest BCUT2D eigenvalue weighted by Gasteiger charge is -2.37. The van der Waals surface area contributed by atoms with Gasteiger partial charge in [-0.1, -0.05) is 24.3 Å². The second kappa shape index (κ2) is 5.46. The van der Waals surface area contributed by atoms with Gasteiger partial charge in [-0.2, -0.15) is 0 Å². The first kappa shape index (κ1) is 12.9. The average molecular weight is 270 g/mol. The molecule has 1 aromatic carbocycles. The van der Waals surface area contributed by atoms with Crippen LogP contribution in [0.2, 0.25) is 0 Å². The number of benzene rings is 1. The van der Waals surface area contributed by atoms with E-state index in [9.17, 15) is 4.79 Å². The van der Waals surface area contributed by atoms with Crippen molar-refractivity contribution in [3.05, 3.63) is 58.1 Å². The number of nitrogens with zero attached hydrogens (tertiary/aromatic N) is 2. The summed E-state index contributed by atoms with van der Waals surface area (Å²) in [6, 6.07) is 10.3. The van der Waals surface area contributed by atoms with E-state index in [0.717, 1.165) is 25.3 Å². The first-order valence-electron chi connectivity index (χ1n) is 6.80. The Morgan fingerprint density at radius 1 is 1.40 bits per heavy atom. The van der Waals surface area contributed by atoms with E-state index in [1.807, 2.05) is 7.05 Å². The molecule has 0 saturated carbocycles. The van der Waals surface area contributed by atoms with Crippen molar-refractivity contribution in [3.8, 4) is 0 Å². The van der Waals surface area contributed by atoms with E-state index < -0.39 is 0 Å². The Labute approximate surface area is 117 Å². The smallest absolute Gasteiger partial charge is 0.252 e. The van der Waals surface area contributed by atoms with Gasteiger partial charge in [-0.3, -0.25) is 4.79 Å². The molecule has 0 spiro atoms. The van der Waals surface area contributed by atoms with Crippen molar-refractivity contribution >= 4 is 5.82 Å². The van der Waals surface area contributed by atoms with Gasteiger partial charge in [-0.15, -0.1) is 0 Å². The summed E-state index contributed by atoms with van der Waals surface area (Å²) < 4.78 is 0. The number of fused-ring (bicyclic) bond motifs is 1.